The number of hydrogen-bond acceptors (Lipinski definition) is 7. The first-order valence-corrected chi connectivity index (χ1v) is 10.9. The van der Waals surface area contributed by atoms with E-state index in [2.05, 4.69) is 31.0 Å². The Balaban J connectivity index is 1.64. The highest BCUT2D eigenvalue weighted by molar-refractivity contribution is 6.30. The molecule has 0 aliphatic rings. The summed E-state index contributed by atoms with van der Waals surface area (Å²) in [6.45, 7) is 0. The van der Waals surface area contributed by atoms with Crippen LogP contribution in [0.4, 0.5) is 10.2 Å². The van der Waals surface area contributed by atoms with Gasteiger partial charge in [-0.05, 0) is 35.9 Å². The van der Waals surface area contributed by atoms with Gasteiger partial charge in [0.1, 0.15) is 23.1 Å². The van der Waals surface area contributed by atoms with Crippen LogP contribution in [0.2, 0.25) is 5.02 Å². The van der Waals surface area contributed by atoms with Gasteiger partial charge in [-0.1, -0.05) is 17.7 Å². The van der Waals surface area contributed by atoms with Crippen molar-refractivity contribution in [3.05, 3.63) is 94.5 Å². The Morgan fingerprint density at radius 3 is 2.71 bits per heavy atom. The van der Waals surface area contributed by atoms with E-state index in [4.69, 9.17) is 17.0 Å². The Bertz CT molecular complexity index is 1430. The fourth-order valence-corrected chi connectivity index (χ4v) is 3.58. The number of nitrogens with one attached hydrogen (secondary N) is 4. The molecule has 4 rings (SSSR count). The Kier molecular flexibility index (Phi) is 7.02. The molecular weight excluding hydrogens is 471 g/mol. The average molecular weight is 493 g/mol. The number of aromatic nitrogens is 4. The molecule has 0 fully saturated rings. The van der Waals surface area contributed by atoms with Gasteiger partial charge in [-0.3, -0.25) is 9.48 Å². The predicted octanol–water partition coefficient (Wildman–Crippen LogP) is 3.80. The van der Waals surface area contributed by atoms with E-state index in [9.17, 15) is 9.18 Å². The smallest absolute Gasteiger partial charge is 0.270 e. The first kappa shape index (κ1) is 23.8. The zero-order chi connectivity index (χ0) is 24.9. The first-order chi connectivity index (χ1) is 16.9. The van der Waals surface area contributed by atoms with Crippen molar-refractivity contribution in [1.29, 1.82) is 5.41 Å². The average Bonchev–Trinajstić information content (AvgIpc) is 3.29. The van der Waals surface area contributed by atoms with Gasteiger partial charge in [0.15, 0.2) is 0 Å². The lowest BCUT2D eigenvalue weighted by Gasteiger charge is -2.18. The maximum absolute atomic E-state index is 14.2. The molecule has 1 aromatic carbocycles. The fourth-order valence-electron chi connectivity index (χ4n) is 3.47. The molecule has 11 heteroatoms. The molecule has 1 atom stereocenters. The van der Waals surface area contributed by atoms with Crippen molar-refractivity contribution in [3.8, 4) is 0 Å². The number of rotatable bonds is 8. The summed E-state index contributed by atoms with van der Waals surface area (Å²) in [7, 11) is 3.47. The second kappa shape index (κ2) is 10.3. The van der Waals surface area contributed by atoms with Crippen molar-refractivity contribution in [2.75, 3.05) is 12.4 Å². The van der Waals surface area contributed by atoms with E-state index in [-0.39, 0.29) is 10.7 Å². The van der Waals surface area contributed by atoms with Crippen molar-refractivity contribution < 1.29 is 9.18 Å². The number of aryl methyl sites for hydroxylation is 1. The molecule has 0 aliphatic heterocycles. The van der Waals surface area contributed by atoms with E-state index in [1.807, 2.05) is 0 Å². The Morgan fingerprint density at radius 2 is 2.03 bits per heavy atom. The summed E-state index contributed by atoms with van der Waals surface area (Å²) < 4.78 is 15.8. The summed E-state index contributed by atoms with van der Waals surface area (Å²) in [4.78, 5) is 22.0. The highest BCUT2D eigenvalue weighted by Gasteiger charge is 2.21. The summed E-state index contributed by atoms with van der Waals surface area (Å²) in [6, 6.07) is 8.78. The van der Waals surface area contributed by atoms with Crippen molar-refractivity contribution in [3.63, 3.8) is 0 Å². The largest absolute Gasteiger partial charge is 0.375 e. The van der Waals surface area contributed by atoms with Crippen LogP contribution in [0.5, 0.6) is 0 Å². The van der Waals surface area contributed by atoms with E-state index in [0.717, 1.165) is 11.6 Å². The van der Waals surface area contributed by atoms with Gasteiger partial charge in [0.25, 0.3) is 5.91 Å². The predicted molar refractivity (Wildman–Crippen MR) is 133 cm³/mol. The molecule has 35 heavy (non-hydrogen) atoms. The number of amides is 1. The molecule has 178 valence electrons. The third kappa shape index (κ3) is 5.44. The summed E-state index contributed by atoms with van der Waals surface area (Å²) in [6.07, 6.45) is 7.68. The molecule has 3 heterocycles. The Morgan fingerprint density at radius 1 is 1.20 bits per heavy atom. The minimum Gasteiger partial charge on any atom is -0.375 e. The molecule has 3 aromatic heterocycles. The van der Waals surface area contributed by atoms with Gasteiger partial charge in [-0.15, -0.1) is 0 Å². The number of anilines is 1. The van der Waals surface area contributed by atoms with E-state index >= 15 is 0 Å². The van der Waals surface area contributed by atoms with E-state index in [1.54, 1.807) is 67.7 Å². The van der Waals surface area contributed by atoms with Crippen LogP contribution < -0.4 is 16.0 Å². The van der Waals surface area contributed by atoms with Gasteiger partial charge in [0, 0.05) is 49.7 Å². The van der Waals surface area contributed by atoms with Crippen molar-refractivity contribution in [1.82, 2.24) is 30.4 Å². The second-order valence-corrected chi connectivity index (χ2v) is 8.02. The van der Waals surface area contributed by atoms with Crippen LogP contribution in [-0.2, 0) is 7.05 Å². The van der Waals surface area contributed by atoms with Crippen molar-refractivity contribution in [2.45, 2.75) is 6.04 Å². The second-order valence-electron chi connectivity index (χ2n) is 7.61. The SMILES string of the molecule is CN/C(=C\C=N)Nc1cc2nc(C(=O)N[C@@H](c3ccc(Cl)c(F)c3)c3cnn(C)c3)ccc2cn1. The first-order valence-electron chi connectivity index (χ1n) is 10.5. The Hall–Kier alpha value is -4.31. The number of nitrogens with zero attached hydrogens (tertiary/aromatic N) is 4. The third-order valence-corrected chi connectivity index (χ3v) is 5.51. The number of allylic oxidation sites excluding steroid dienone is 1. The van der Waals surface area contributed by atoms with Gasteiger partial charge < -0.3 is 21.4 Å². The standard InChI is InChI=1S/C24H22ClFN8O/c1-28-21(7-8-27)32-22-10-20-15(11-29-22)4-6-19(31-20)24(35)33-23(16-12-30-34(2)13-16)14-3-5-17(25)18(26)9-14/h3-13,23,27-28H,1-2H3,(H,29,32)(H,33,35)/b21-7+,27-8?/t23-/m0/s1. The van der Waals surface area contributed by atoms with Crippen LogP contribution in [0.25, 0.3) is 10.9 Å². The quantitative estimate of drug-likeness (QED) is 0.278. The summed E-state index contributed by atoms with van der Waals surface area (Å²) in [5.74, 6) is 0.0499. The molecule has 0 unspecified atom stereocenters. The number of benzene rings is 1. The third-order valence-electron chi connectivity index (χ3n) is 5.20. The van der Waals surface area contributed by atoms with E-state index < -0.39 is 17.8 Å². The van der Waals surface area contributed by atoms with Crippen LogP contribution in [0.15, 0.2) is 66.9 Å². The monoisotopic (exact) mass is 492 g/mol. The normalized spacial score (nSPS) is 12.3. The number of carbonyl (C=O) groups excluding carboxylic acids is 1. The zero-order valence-corrected chi connectivity index (χ0v) is 19.6. The summed E-state index contributed by atoms with van der Waals surface area (Å²) >= 11 is 5.85. The molecule has 0 spiro atoms. The van der Waals surface area contributed by atoms with Crippen LogP contribution in [-0.4, -0.2) is 38.9 Å². The van der Waals surface area contributed by atoms with Crippen LogP contribution in [0.3, 0.4) is 0 Å². The molecule has 0 saturated carbocycles. The van der Waals surface area contributed by atoms with Crippen LogP contribution in [0.1, 0.15) is 27.7 Å². The van der Waals surface area contributed by atoms with Crippen molar-refractivity contribution >= 4 is 40.4 Å². The van der Waals surface area contributed by atoms with E-state index in [1.165, 1.54) is 12.1 Å². The topological polar surface area (TPSA) is 121 Å². The number of fused-ring (bicyclic) bond motifs is 1. The highest BCUT2D eigenvalue weighted by Crippen LogP contribution is 2.26. The molecule has 4 aromatic rings. The lowest BCUT2D eigenvalue weighted by molar-refractivity contribution is 0.0938. The molecule has 9 nitrogen and oxygen atoms in total. The molecular formula is C24H22ClFN8O. The lowest BCUT2D eigenvalue weighted by Crippen LogP contribution is -2.30. The molecule has 0 saturated heterocycles. The number of pyridine rings is 2. The molecule has 0 bridgehead atoms. The maximum Gasteiger partial charge on any atom is 0.270 e. The lowest BCUT2D eigenvalue weighted by atomic mass is 10.0. The van der Waals surface area contributed by atoms with Crippen molar-refractivity contribution in [2.24, 2.45) is 7.05 Å². The Labute approximate surface area is 205 Å². The van der Waals surface area contributed by atoms with Gasteiger partial charge in [0.05, 0.1) is 22.8 Å². The van der Waals surface area contributed by atoms with Gasteiger partial charge in [0.2, 0.25) is 0 Å². The minimum absolute atomic E-state index is 0.00359. The molecule has 0 aliphatic carbocycles. The zero-order valence-electron chi connectivity index (χ0n) is 18.9. The number of hydrogen-bond donors (Lipinski definition) is 4. The number of halogens is 2. The highest BCUT2D eigenvalue weighted by atomic mass is 35.5. The van der Waals surface area contributed by atoms with Crippen LogP contribution in [0, 0.1) is 11.2 Å². The number of carbonyl (C=O) groups is 1. The minimum atomic E-state index is -0.667. The molecule has 0 radical (unpaired) electrons. The molecule has 4 N–H and O–H groups in total. The van der Waals surface area contributed by atoms with Gasteiger partial charge in [-0.2, -0.15) is 5.10 Å². The summed E-state index contributed by atoms with van der Waals surface area (Å²) in [5.41, 5.74) is 1.93. The maximum atomic E-state index is 14.2. The van der Waals surface area contributed by atoms with Crippen LogP contribution >= 0.6 is 11.6 Å². The van der Waals surface area contributed by atoms with Gasteiger partial charge in [-0.25, -0.2) is 14.4 Å². The van der Waals surface area contributed by atoms with Gasteiger partial charge >= 0.3 is 0 Å². The summed E-state index contributed by atoms with van der Waals surface area (Å²) in [5, 5.41) is 21.0. The van der Waals surface area contributed by atoms with E-state index in [0.29, 0.717) is 28.3 Å². The fraction of sp³-hybridized carbons (Fsp3) is 0.125. The molecule has 1 amide bonds.